The molecule has 1 atom stereocenters. The van der Waals surface area contributed by atoms with E-state index in [1.807, 2.05) is 35.5 Å². The van der Waals surface area contributed by atoms with E-state index in [0.717, 1.165) is 17.5 Å². The van der Waals surface area contributed by atoms with Crippen molar-refractivity contribution in [3.05, 3.63) is 35.2 Å². The summed E-state index contributed by atoms with van der Waals surface area (Å²) in [7, 11) is 1.93. The van der Waals surface area contributed by atoms with E-state index in [2.05, 4.69) is 6.07 Å². The number of likely N-dealkylation sites (N-methyl/N-ethyl adjacent to an activating group) is 1. The molecule has 0 radical (unpaired) electrons. The first-order chi connectivity index (χ1) is 9.70. The molecule has 4 nitrogen and oxygen atoms in total. The van der Waals surface area contributed by atoms with Gasteiger partial charge >= 0.3 is 0 Å². The van der Waals surface area contributed by atoms with Crippen LogP contribution in [0.15, 0.2) is 29.6 Å². The summed E-state index contributed by atoms with van der Waals surface area (Å²) in [4.78, 5) is 1.99. The molecule has 0 aliphatic rings. The Balaban J connectivity index is 1.78. The molecule has 20 heavy (non-hydrogen) atoms. The van der Waals surface area contributed by atoms with Crippen LogP contribution in [0, 0.1) is 0 Å². The van der Waals surface area contributed by atoms with Crippen LogP contribution in [-0.4, -0.2) is 55.1 Å². The molecule has 0 bridgehead atoms. The van der Waals surface area contributed by atoms with Crippen LogP contribution in [0.2, 0.25) is 0 Å². The van der Waals surface area contributed by atoms with Gasteiger partial charge in [0.2, 0.25) is 0 Å². The highest BCUT2D eigenvalue weighted by molar-refractivity contribution is 7.17. The fraction of sp³-hybridized carbons (Fsp3) is 0.467. The summed E-state index contributed by atoms with van der Waals surface area (Å²) in [5.41, 5.74) is 0.889. The van der Waals surface area contributed by atoms with Crippen molar-refractivity contribution < 1.29 is 14.9 Å². The van der Waals surface area contributed by atoms with E-state index in [1.165, 1.54) is 4.70 Å². The number of aliphatic hydroxyl groups is 2. The summed E-state index contributed by atoms with van der Waals surface area (Å²) in [5.74, 6) is 0. The number of benzene rings is 1. The lowest BCUT2D eigenvalue weighted by Gasteiger charge is -2.16. The Morgan fingerprint density at radius 1 is 1.30 bits per heavy atom. The number of fused-ring (bicyclic) bond motifs is 1. The largest absolute Gasteiger partial charge is 0.395 e. The number of thiophene rings is 1. The van der Waals surface area contributed by atoms with Crippen LogP contribution in [0.5, 0.6) is 0 Å². The lowest BCUT2D eigenvalue weighted by molar-refractivity contribution is 0.0276. The zero-order chi connectivity index (χ0) is 14.4. The number of ether oxygens (including phenoxy) is 1. The number of hydrogen-bond acceptors (Lipinski definition) is 5. The van der Waals surface area contributed by atoms with Crippen molar-refractivity contribution in [2.45, 2.75) is 6.10 Å². The van der Waals surface area contributed by atoms with Crippen LogP contribution in [0.4, 0.5) is 0 Å². The average Bonchev–Trinajstić information content (AvgIpc) is 2.91. The normalized spacial score (nSPS) is 13.2. The van der Waals surface area contributed by atoms with Gasteiger partial charge in [0.25, 0.3) is 0 Å². The second-order valence-corrected chi connectivity index (χ2v) is 5.78. The summed E-state index contributed by atoms with van der Waals surface area (Å²) < 4.78 is 6.72. The Morgan fingerprint density at radius 3 is 2.95 bits per heavy atom. The molecule has 0 amide bonds. The first kappa shape index (κ1) is 15.4. The molecule has 0 saturated heterocycles. The fourth-order valence-electron chi connectivity index (χ4n) is 1.99. The summed E-state index contributed by atoms with van der Waals surface area (Å²) in [5, 5.41) is 22.1. The van der Waals surface area contributed by atoms with Gasteiger partial charge in [0.05, 0.1) is 19.8 Å². The van der Waals surface area contributed by atoms with Crippen molar-refractivity contribution in [1.29, 1.82) is 0 Å². The minimum absolute atomic E-state index is 0.153. The zero-order valence-corrected chi connectivity index (χ0v) is 12.5. The maximum absolute atomic E-state index is 10.1. The Hall–Kier alpha value is -0.980. The van der Waals surface area contributed by atoms with E-state index in [0.29, 0.717) is 19.8 Å². The molecule has 5 heteroatoms. The van der Waals surface area contributed by atoms with Gasteiger partial charge in [0.15, 0.2) is 0 Å². The van der Waals surface area contributed by atoms with Gasteiger partial charge in [-0.15, -0.1) is 11.3 Å². The Morgan fingerprint density at radius 2 is 2.15 bits per heavy atom. The van der Waals surface area contributed by atoms with Crippen molar-refractivity contribution in [3.8, 4) is 0 Å². The third-order valence-corrected chi connectivity index (χ3v) is 4.13. The topological polar surface area (TPSA) is 52.9 Å². The molecule has 0 saturated carbocycles. The molecule has 110 valence electrons. The summed E-state index contributed by atoms with van der Waals surface area (Å²) in [6.45, 7) is 2.38. The van der Waals surface area contributed by atoms with Crippen molar-refractivity contribution in [1.82, 2.24) is 4.90 Å². The van der Waals surface area contributed by atoms with Crippen LogP contribution in [0.25, 0.3) is 10.1 Å². The standard InChI is InChI=1S/C15H21NO3S/c1-16(5-7-17)6-8-19-11-14(18)12-2-3-15-13(10-12)4-9-20-15/h2-4,9-10,14,17-18H,5-8,11H2,1H3. The Bertz CT molecular complexity index is 529. The second kappa shape index (κ2) is 7.71. The predicted octanol–water partition coefficient (Wildman–Crippen LogP) is 1.88. The van der Waals surface area contributed by atoms with Crippen LogP contribution < -0.4 is 0 Å². The van der Waals surface area contributed by atoms with Crippen molar-refractivity contribution >= 4 is 21.4 Å². The molecule has 1 aromatic heterocycles. The van der Waals surface area contributed by atoms with Crippen LogP contribution >= 0.6 is 11.3 Å². The maximum Gasteiger partial charge on any atom is 0.102 e. The third kappa shape index (κ3) is 4.26. The summed E-state index contributed by atoms with van der Waals surface area (Å²) >= 11 is 1.70. The van der Waals surface area contributed by atoms with Crippen LogP contribution in [-0.2, 0) is 4.74 Å². The Labute approximate surface area is 123 Å². The minimum atomic E-state index is -0.595. The van der Waals surface area contributed by atoms with Crippen molar-refractivity contribution in [3.63, 3.8) is 0 Å². The van der Waals surface area contributed by atoms with E-state index < -0.39 is 6.10 Å². The molecule has 1 unspecified atom stereocenters. The van der Waals surface area contributed by atoms with E-state index in [1.54, 1.807) is 11.3 Å². The molecular weight excluding hydrogens is 274 g/mol. The van der Waals surface area contributed by atoms with Gasteiger partial charge in [-0.25, -0.2) is 0 Å². The van der Waals surface area contributed by atoms with Gasteiger partial charge in [-0.2, -0.15) is 0 Å². The highest BCUT2D eigenvalue weighted by Crippen LogP contribution is 2.24. The van der Waals surface area contributed by atoms with Crippen molar-refractivity contribution in [2.24, 2.45) is 0 Å². The molecule has 0 fully saturated rings. The first-order valence-electron chi connectivity index (χ1n) is 6.73. The van der Waals surface area contributed by atoms with E-state index in [4.69, 9.17) is 9.84 Å². The smallest absolute Gasteiger partial charge is 0.102 e. The molecule has 0 aliphatic heterocycles. The third-order valence-electron chi connectivity index (χ3n) is 3.24. The van der Waals surface area contributed by atoms with E-state index in [-0.39, 0.29) is 6.61 Å². The number of aliphatic hydroxyl groups excluding tert-OH is 2. The monoisotopic (exact) mass is 295 g/mol. The van der Waals surface area contributed by atoms with E-state index in [9.17, 15) is 5.11 Å². The van der Waals surface area contributed by atoms with Crippen molar-refractivity contribution in [2.75, 3.05) is 40.0 Å². The number of nitrogens with zero attached hydrogens (tertiary/aromatic N) is 1. The highest BCUT2D eigenvalue weighted by atomic mass is 32.1. The molecule has 2 aromatic rings. The van der Waals surface area contributed by atoms with Gasteiger partial charge in [-0.1, -0.05) is 6.07 Å². The van der Waals surface area contributed by atoms with Gasteiger partial charge < -0.3 is 19.8 Å². The molecule has 0 aliphatic carbocycles. The quantitative estimate of drug-likeness (QED) is 0.730. The Kier molecular flexibility index (Phi) is 5.94. The predicted molar refractivity (Wildman–Crippen MR) is 82.2 cm³/mol. The maximum atomic E-state index is 10.1. The number of hydrogen-bond donors (Lipinski definition) is 2. The minimum Gasteiger partial charge on any atom is -0.395 e. The molecule has 0 spiro atoms. The summed E-state index contributed by atoms with van der Waals surface area (Å²) in [6.07, 6.45) is -0.595. The van der Waals surface area contributed by atoms with Gasteiger partial charge in [0.1, 0.15) is 6.10 Å². The molecule has 2 rings (SSSR count). The van der Waals surface area contributed by atoms with Gasteiger partial charge in [-0.3, -0.25) is 0 Å². The van der Waals surface area contributed by atoms with Crippen LogP contribution in [0.3, 0.4) is 0 Å². The molecular formula is C15H21NO3S. The number of rotatable bonds is 8. The van der Waals surface area contributed by atoms with Gasteiger partial charge in [-0.05, 0) is 41.6 Å². The van der Waals surface area contributed by atoms with Crippen LogP contribution in [0.1, 0.15) is 11.7 Å². The molecule has 1 aromatic carbocycles. The SMILES string of the molecule is CN(CCO)CCOCC(O)c1ccc2sccc2c1. The zero-order valence-electron chi connectivity index (χ0n) is 11.7. The highest BCUT2D eigenvalue weighted by Gasteiger charge is 2.09. The summed E-state index contributed by atoms with van der Waals surface area (Å²) in [6, 6.07) is 8.05. The van der Waals surface area contributed by atoms with E-state index >= 15 is 0 Å². The van der Waals surface area contributed by atoms with Gasteiger partial charge in [0, 0.05) is 17.8 Å². The molecule has 2 N–H and O–H groups in total. The molecule has 1 heterocycles. The lowest BCUT2D eigenvalue weighted by Crippen LogP contribution is -2.26. The average molecular weight is 295 g/mol. The second-order valence-electron chi connectivity index (χ2n) is 4.84. The lowest BCUT2D eigenvalue weighted by atomic mass is 10.1. The fourth-order valence-corrected chi connectivity index (χ4v) is 2.76. The first-order valence-corrected chi connectivity index (χ1v) is 7.61.